The number of carbonyl (C=O) groups excluding carboxylic acids is 1. The first-order chi connectivity index (χ1) is 14.7. The Morgan fingerprint density at radius 2 is 2.00 bits per heavy atom. The molecule has 10 heteroatoms. The molecular formula is C20H14FN7OS. The molecule has 0 unspecified atom stereocenters. The van der Waals surface area contributed by atoms with Gasteiger partial charge in [-0.3, -0.25) is 10.1 Å². The molecule has 0 aliphatic carbocycles. The minimum Gasteiger partial charge on any atom is -0.289 e. The zero-order valence-corrected chi connectivity index (χ0v) is 16.3. The van der Waals surface area contributed by atoms with Gasteiger partial charge in [-0.1, -0.05) is 18.2 Å². The highest BCUT2D eigenvalue weighted by Crippen LogP contribution is 2.25. The van der Waals surface area contributed by atoms with Crippen LogP contribution in [0.25, 0.3) is 16.2 Å². The smallest absolute Gasteiger partial charge is 0.263 e. The number of rotatable bonds is 5. The Kier molecular flexibility index (Phi) is 4.52. The van der Waals surface area contributed by atoms with E-state index in [2.05, 4.69) is 25.5 Å². The van der Waals surface area contributed by atoms with E-state index in [0.29, 0.717) is 17.8 Å². The van der Waals surface area contributed by atoms with Gasteiger partial charge in [0.25, 0.3) is 5.91 Å². The maximum atomic E-state index is 13.0. The molecule has 0 atom stereocenters. The van der Waals surface area contributed by atoms with Crippen molar-refractivity contribution in [2.24, 2.45) is 0 Å². The molecule has 1 amide bonds. The van der Waals surface area contributed by atoms with Crippen LogP contribution in [0.4, 0.5) is 10.3 Å². The minimum atomic E-state index is -0.402. The molecule has 0 aliphatic heterocycles. The average molecular weight is 419 g/mol. The lowest BCUT2D eigenvalue weighted by molar-refractivity contribution is 0.102. The number of nitrogens with zero attached hydrogens (tertiary/aromatic N) is 6. The first kappa shape index (κ1) is 18.1. The molecule has 0 fully saturated rings. The van der Waals surface area contributed by atoms with Crippen LogP contribution in [0.5, 0.6) is 0 Å². The quantitative estimate of drug-likeness (QED) is 0.471. The maximum absolute atomic E-state index is 13.0. The molecular weight excluding hydrogens is 405 g/mol. The van der Waals surface area contributed by atoms with Crippen LogP contribution in [-0.2, 0) is 6.54 Å². The predicted molar refractivity (Wildman–Crippen MR) is 110 cm³/mol. The highest BCUT2D eigenvalue weighted by atomic mass is 32.1. The van der Waals surface area contributed by atoms with Gasteiger partial charge in [0.05, 0.1) is 23.3 Å². The van der Waals surface area contributed by atoms with E-state index in [1.807, 2.05) is 23.6 Å². The lowest BCUT2D eigenvalue weighted by Gasteiger charge is -2.03. The van der Waals surface area contributed by atoms with Crippen molar-refractivity contribution in [1.82, 2.24) is 29.4 Å². The molecule has 148 valence electrons. The Morgan fingerprint density at radius 3 is 2.80 bits per heavy atom. The van der Waals surface area contributed by atoms with Gasteiger partial charge >= 0.3 is 0 Å². The number of thiophene rings is 1. The molecule has 1 N–H and O–H groups in total. The summed E-state index contributed by atoms with van der Waals surface area (Å²) in [5.41, 5.74) is 2.50. The van der Waals surface area contributed by atoms with E-state index in [1.165, 1.54) is 24.7 Å². The molecule has 5 rings (SSSR count). The highest BCUT2D eigenvalue weighted by Gasteiger charge is 2.18. The topological polar surface area (TPSA) is 90.0 Å². The van der Waals surface area contributed by atoms with Crippen LogP contribution >= 0.6 is 11.3 Å². The van der Waals surface area contributed by atoms with Crippen LogP contribution < -0.4 is 5.32 Å². The van der Waals surface area contributed by atoms with E-state index in [9.17, 15) is 9.18 Å². The third-order valence-corrected chi connectivity index (χ3v) is 5.33. The minimum absolute atomic E-state index is 0.163. The van der Waals surface area contributed by atoms with E-state index >= 15 is 0 Å². The molecule has 0 bridgehead atoms. The average Bonchev–Trinajstić information content (AvgIpc) is 3.50. The second-order valence-electron chi connectivity index (χ2n) is 6.45. The fourth-order valence-corrected chi connectivity index (χ4v) is 3.77. The van der Waals surface area contributed by atoms with Crippen LogP contribution in [0.1, 0.15) is 15.9 Å². The van der Waals surface area contributed by atoms with Crippen molar-refractivity contribution < 1.29 is 9.18 Å². The number of fused-ring (bicyclic) bond motifs is 1. The number of benzene rings is 1. The lowest BCUT2D eigenvalue weighted by Crippen LogP contribution is -2.13. The Morgan fingerprint density at radius 1 is 1.13 bits per heavy atom. The second kappa shape index (κ2) is 7.48. The Balaban J connectivity index is 1.36. The van der Waals surface area contributed by atoms with Crippen molar-refractivity contribution >= 4 is 28.8 Å². The molecule has 8 nitrogen and oxygen atoms in total. The monoisotopic (exact) mass is 419 g/mol. The van der Waals surface area contributed by atoms with Gasteiger partial charge < -0.3 is 0 Å². The summed E-state index contributed by atoms with van der Waals surface area (Å²) < 4.78 is 16.2. The van der Waals surface area contributed by atoms with Crippen LogP contribution in [0.15, 0.2) is 66.6 Å². The van der Waals surface area contributed by atoms with Crippen molar-refractivity contribution in [3.8, 4) is 10.6 Å². The van der Waals surface area contributed by atoms with E-state index in [-0.39, 0.29) is 11.8 Å². The molecule has 5 aromatic rings. The molecule has 4 aromatic heterocycles. The van der Waals surface area contributed by atoms with E-state index < -0.39 is 5.91 Å². The van der Waals surface area contributed by atoms with E-state index in [1.54, 1.807) is 38.9 Å². The molecule has 0 saturated carbocycles. The molecule has 0 saturated heterocycles. The van der Waals surface area contributed by atoms with Gasteiger partial charge in [0, 0.05) is 6.20 Å². The molecule has 30 heavy (non-hydrogen) atoms. The summed E-state index contributed by atoms with van der Waals surface area (Å²) in [7, 11) is 0. The van der Waals surface area contributed by atoms with Crippen LogP contribution in [0, 0.1) is 5.82 Å². The maximum Gasteiger partial charge on any atom is 0.263 e. The third-order valence-electron chi connectivity index (χ3n) is 4.44. The molecule has 1 aromatic carbocycles. The van der Waals surface area contributed by atoms with Crippen molar-refractivity contribution in [3.63, 3.8) is 0 Å². The summed E-state index contributed by atoms with van der Waals surface area (Å²) in [6, 6.07) is 11.9. The number of hydrogen-bond acceptors (Lipinski definition) is 6. The number of aromatic nitrogens is 6. The highest BCUT2D eigenvalue weighted by molar-refractivity contribution is 7.13. The largest absolute Gasteiger partial charge is 0.289 e. The zero-order chi connectivity index (χ0) is 20.5. The van der Waals surface area contributed by atoms with Gasteiger partial charge in [-0.05, 0) is 35.2 Å². The van der Waals surface area contributed by atoms with Gasteiger partial charge in [-0.2, -0.15) is 5.10 Å². The SMILES string of the molecule is O=C(Nc1ncn(Cc2ccc(F)cc2)n1)c1cnn2c(-c3cccs3)ccnc12. The number of anilines is 1. The van der Waals surface area contributed by atoms with Gasteiger partial charge in [-0.25, -0.2) is 23.6 Å². The Labute approximate surface area is 173 Å². The normalized spacial score (nSPS) is 11.1. The fourth-order valence-electron chi connectivity index (χ4n) is 3.04. The van der Waals surface area contributed by atoms with Crippen molar-refractivity contribution in [2.75, 3.05) is 5.32 Å². The summed E-state index contributed by atoms with van der Waals surface area (Å²) in [5, 5.41) is 13.2. The van der Waals surface area contributed by atoms with Gasteiger partial charge in [-0.15, -0.1) is 16.4 Å². The summed E-state index contributed by atoms with van der Waals surface area (Å²) >= 11 is 1.58. The first-order valence-electron chi connectivity index (χ1n) is 8.99. The second-order valence-corrected chi connectivity index (χ2v) is 7.40. The summed E-state index contributed by atoms with van der Waals surface area (Å²) in [6.45, 7) is 0.408. The summed E-state index contributed by atoms with van der Waals surface area (Å²) in [6.07, 6.45) is 4.63. The lowest BCUT2D eigenvalue weighted by atomic mass is 10.2. The molecule has 0 spiro atoms. The van der Waals surface area contributed by atoms with Crippen molar-refractivity contribution in [2.45, 2.75) is 6.54 Å². The Bertz CT molecular complexity index is 1330. The number of halogens is 1. The van der Waals surface area contributed by atoms with Crippen molar-refractivity contribution in [3.05, 3.63) is 83.5 Å². The van der Waals surface area contributed by atoms with Crippen molar-refractivity contribution in [1.29, 1.82) is 0 Å². The molecule has 0 radical (unpaired) electrons. The van der Waals surface area contributed by atoms with Gasteiger partial charge in [0.1, 0.15) is 17.7 Å². The summed E-state index contributed by atoms with van der Waals surface area (Å²) in [5.74, 6) is -0.536. The van der Waals surface area contributed by atoms with E-state index in [0.717, 1.165) is 16.1 Å². The summed E-state index contributed by atoms with van der Waals surface area (Å²) in [4.78, 5) is 22.2. The molecule has 0 aliphatic rings. The zero-order valence-electron chi connectivity index (χ0n) is 15.4. The number of amides is 1. The van der Waals surface area contributed by atoms with Gasteiger partial charge in [0.15, 0.2) is 5.65 Å². The molecule has 4 heterocycles. The number of nitrogens with one attached hydrogen (secondary N) is 1. The number of hydrogen-bond donors (Lipinski definition) is 1. The predicted octanol–water partition coefficient (Wildman–Crippen LogP) is 3.49. The fraction of sp³-hybridized carbons (Fsp3) is 0.0500. The standard InChI is InChI=1S/C20H14FN7OS/c21-14-5-3-13(4-6-14)11-27-12-23-20(26-27)25-19(29)15-10-24-28-16(7-8-22-18(15)28)17-2-1-9-30-17/h1-10,12H,11H2,(H,25,26,29). The van der Waals surface area contributed by atoms with Gasteiger partial charge in [0.2, 0.25) is 5.95 Å². The van der Waals surface area contributed by atoms with Crippen LogP contribution in [0.2, 0.25) is 0 Å². The third kappa shape index (κ3) is 3.44. The first-order valence-corrected chi connectivity index (χ1v) is 9.87. The van der Waals surface area contributed by atoms with Crippen LogP contribution in [-0.4, -0.2) is 35.3 Å². The Hall–Kier alpha value is -3.92. The van der Waals surface area contributed by atoms with E-state index in [4.69, 9.17) is 0 Å². The van der Waals surface area contributed by atoms with Crippen LogP contribution in [0.3, 0.4) is 0 Å². The number of carbonyl (C=O) groups is 1.